The molecule has 1 atom stereocenters. The van der Waals surface area contributed by atoms with Crippen molar-refractivity contribution in [1.29, 1.82) is 0 Å². The van der Waals surface area contributed by atoms with Crippen LogP contribution in [-0.2, 0) is 26.4 Å². The first-order chi connectivity index (χ1) is 12.7. The van der Waals surface area contributed by atoms with Crippen LogP contribution >= 0.6 is 0 Å². The standard InChI is InChI=1S/C20H23NO4S2/c1-16(2)18-8-10-20(11-9-18)27(24,25)21(14-17-6-4-3-5-7-17)19-12-13-26(22,23)15-19/h3-13,16,19H,14-15H2,1-2H3/t19-/m1/s1. The van der Waals surface area contributed by atoms with E-state index in [1.54, 1.807) is 24.3 Å². The fraction of sp³-hybridized carbons (Fsp3) is 0.300. The van der Waals surface area contributed by atoms with Gasteiger partial charge < -0.3 is 0 Å². The number of benzene rings is 2. The van der Waals surface area contributed by atoms with Crippen LogP contribution in [0.25, 0.3) is 0 Å². The van der Waals surface area contributed by atoms with Gasteiger partial charge in [-0.05, 0) is 29.2 Å². The van der Waals surface area contributed by atoms with E-state index in [2.05, 4.69) is 0 Å². The Bertz CT molecular complexity index is 1030. The van der Waals surface area contributed by atoms with Gasteiger partial charge in [-0.25, -0.2) is 16.8 Å². The van der Waals surface area contributed by atoms with Crippen molar-refractivity contribution in [2.45, 2.75) is 37.2 Å². The minimum atomic E-state index is -3.86. The Balaban J connectivity index is 1.99. The van der Waals surface area contributed by atoms with Crippen LogP contribution in [0.1, 0.15) is 30.9 Å². The molecular formula is C20H23NO4S2. The summed E-state index contributed by atoms with van der Waals surface area (Å²) in [6.07, 6.45) is 1.46. The Morgan fingerprint density at radius 3 is 2.19 bits per heavy atom. The first-order valence-electron chi connectivity index (χ1n) is 8.76. The van der Waals surface area contributed by atoms with Crippen molar-refractivity contribution in [1.82, 2.24) is 4.31 Å². The molecule has 1 aliphatic heterocycles. The summed E-state index contributed by atoms with van der Waals surface area (Å²) in [5.41, 5.74) is 1.85. The Hall–Kier alpha value is -1.96. The third-order valence-electron chi connectivity index (χ3n) is 4.62. The van der Waals surface area contributed by atoms with Crippen LogP contribution in [-0.4, -0.2) is 32.9 Å². The largest absolute Gasteiger partial charge is 0.243 e. The van der Waals surface area contributed by atoms with Crippen LogP contribution in [0, 0.1) is 0 Å². The highest BCUT2D eigenvalue weighted by molar-refractivity contribution is 7.94. The highest BCUT2D eigenvalue weighted by Gasteiger charge is 2.35. The molecule has 5 nitrogen and oxygen atoms in total. The highest BCUT2D eigenvalue weighted by Crippen LogP contribution is 2.26. The Morgan fingerprint density at radius 1 is 1.04 bits per heavy atom. The molecular weight excluding hydrogens is 382 g/mol. The average Bonchev–Trinajstić information content (AvgIpc) is 3.00. The molecule has 2 aromatic rings. The van der Waals surface area contributed by atoms with Crippen LogP contribution in [0.3, 0.4) is 0 Å². The molecule has 0 saturated carbocycles. The topological polar surface area (TPSA) is 71.5 Å². The van der Waals surface area contributed by atoms with Gasteiger partial charge in [0.25, 0.3) is 0 Å². The van der Waals surface area contributed by atoms with E-state index in [4.69, 9.17) is 0 Å². The molecule has 2 aromatic carbocycles. The van der Waals surface area contributed by atoms with Gasteiger partial charge in [0.15, 0.2) is 9.84 Å². The summed E-state index contributed by atoms with van der Waals surface area (Å²) >= 11 is 0. The second kappa shape index (κ2) is 7.58. The second-order valence-corrected chi connectivity index (χ2v) is 10.8. The second-order valence-electron chi connectivity index (χ2n) is 6.99. The lowest BCUT2D eigenvalue weighted by Gasteiger charge is -2.27. The van der Waals surface area contributed by atoms with Gasteiger partial charge in [0, 0.05) is 12.0 Å². The molecule has 0 unspecified atom stereocenters. The third kappa shape index (κ3) is 4.48. The summed E-state index contributed by atoms with van der Waals surface area (Å²) in [6, 6.07) is 15.3. The smallest absolute Gasteiger partial charge is 0.224 e. The van der Waals surface area contributed by atoms with Crippen LogP contribution < -0.4 is 0 Å². The third-order valence-corrected chi connectivity index (χ3v) is 7.88. The zero-order valence-electron chi connectivity index (χ0n) is 15.3. The van der Waals surface area contributed by atoms with Crippen molar-refractivity contribution < 1.29 is 16.8 Å². The summed E-state index contributed by atoms with van der Waals surface area (Å²) in [4.78, 5) is 0.167. The minimum absolute atomic E-state index is 0.111. The molecule has 0 spiro atoms. The lowest BCUT2D eigenvalue weighted by molar-refractivity contribution is 0.375. The van der Waals surface area contributed by atoms with Crippen molar-refractivity contribution in [2.75, 3.05) is 5.75 Å². The van der Waals surface area contributed by atoms with E-state index in [1.807, 2.05) is 44.2 Å². The molecule has 144 valence electrons. The van der Waals surface area contributed by atoms with Crippen LogP contribution in [0.15, 0.2) is 71.0 Å². The molecule has 0 fully saturated rings. The molecule has 1 heterocycles. The number of sulfonamides is 1. The normalized spacial score (nSPS) is 19.0. The summed E-state index contributed by atoms with van der Waals surface area (Å²) < 4.78 is 51.6. The van der Waals surface area contributed by atoms with E-state index in [0.29, 0.717) is 5.92 Å². The average molecular weight is 406 g/mol. The van der Waals surface area contributed by atoms with Crippen molar-refractivity contribution in [2.24, 2.45) is 0 Å². The molecule has 27 heavy (non-hydrogen) atoms. The van der Waals surface area contributed by atoms with Gasteiger partial charge in [-0.3, -0.25) is 0 Å². The molecule has 0 amide bonds. The van der Waals surface area contributed by atoms with E-state index < -0.39 is 25.9 Å². The van der Waals surface area contributed by atoms with E-state index in [0.717, 1.165) is 16.5 Å². The zero-order valence-corrected chi connectivity index (χ0v) is 16.9. The fourth-order valence-corrected chi connectivity index (χ4v) is 6.01. The summed E-state index contributed by atoms with van der Waals surface area (Å²) in [5.74, 6) is 0.0634. The summed E-state index contributed by atoms with van der Waals surface area (Å²) in [5, 5.41) is 1.10. The van der Waals surface area contributed by atoms with Crippen molar-refractivity contribution in [3.63, 3.8) is 0 Å². The number of hydrogen-bond acceptors (Lipinski definition) is 4. The highest BCUT2D eigenvalue weighted by atomic mass is 32.2. The maximum absolute atomic E-state index is 13.3. The first-order valence-corrected chi connectivity index (χ1v) is 11.9. The number of hydrogen-bond donors (Lipinski definition) is 0. The lowest BCUT2D eigenvalue weighted by atomic mass is 10.0. The van der Waals surface area contributed by atoms with Gasteiger partial charge in [0.05, 0.1) is 16.7 Å². The molecule has 0 radical (unpaired) electrons. The molecule has 0 aliphatic carbocycles. The Morgan fingerprint density at radius 2 is 1.67 bits per heavy atom. The van der Waals surface area contributed by atoms with Gasteiger partial charge in [-0.15, -0.1) is 0 Å². The van der Waals surface area contributed by atoms with Crippen molar-refractivity contribution in [3.8, 4) is 0 Å². The van der Waals surface area contributed by atoms with Gasteiger partial charge in [0.2, 0.25) is 10.0 Å². The number of nitrogens with zero attached hydrogens (tertiary/aromatic N) is 1. The quantitative estimate of drug-likeness (QED) is 0.739. The summed E-state index contributed by atoms with van der Waals surface area (Å²) in [6.45, 7) is 4.19. The predicted octanol–water partition coefficient (Wildman–Crippen LogP) is 3.31. The molecule has 0 bridgehead atoms. The SMILES string of the molecule is CC(C)c1ccc(S(=O)(=O)N(Cc2ccccc2)[C@@H]2C=CS(=O)(=O)C2)cc1. The van der Waals surface area contributed by atoms with Gasteiger partial charge >= 0.3 is 0 Å². The van der Waals surface area contributed by atoms with E-state index in [1.165, 1.54) is 10.4 Å². The summed E-state index contributed by atoms with van der Waals surface area (Å²) in [7, 11) is -7.24. The first kappa shape index (κ1) is 19.8. The molecule has 1 aliphatic rings. The van der Waals surface area contributed by atoms with Crippen LogP contribution in [0.4, 0.5) is 0 Å². The number of rotatable bonds is 6. The number of sulfone groups is 1. The molecule has 0 N–H and O–H groups in total. The monoisotopic (exact) mass is 405 g/mol. The molecule has 0 saturated heterocycles. The predicted molar refractivity (Wildman–Crippen MR) is 106 cm³/mol. The molecule has 3 rings (SSSR count). The van der Waals surface area contributed by atoms with Crippen molar-refractivity contribution in [3.05, 3.63) is 77.2 Å². The van der Waals surface area contributed by atoms with E-state index in [-0.39, 0.29) is 17.2 Å². The lowest BCUT2D eigenvalue weighted by Crippen LogP contribution is -2.40. The zero-order chi connectivity index (χ0) is 19.7. The van der Waals surface area contributed by atoms with Crippen LogP contribution in [0.5, 0.6) is 0 Å². The minimum Gasteiger partial charge on any atom is -0.224 e. The van der Waals surface area contributed by atoms with Gasteiger partial charge in [-0.2, -0.15) is 4.31 Å². The Labute approximate surface area is 161 Å². The molecule has 7 heteroatoms. The van der Waals surface area contributed by atoms with E-state index in [9.17, 15) is 16.8 Å². The molecule has 0 aromatic heterocycles. The van der Waals surface area contributed by atoms with E-state index >= 15 is 0 Å². The van der Waals surface area contributed by atoms with Crippen molar-refractivity contribution >= 4 is 19.9 Å². The van der Waals surface area contributed by atoms with Gasteiger partial charge in [-0.1, -0.05) is 62.4 Å². The maximum Gasteiger partial charge on any atom is 0.243 e. The fourth-order valence-electron chi connectivity index (χ4n) is 3.04. The Kier molecular flexibility index (Phi) is 5.55. The van der Waals surface area contributed by atoms with Crippen LogP contribution in [0.2, 0.25) is 0 Å². The maximum atomic E-state index is 13.3. The van der Waals surface area contributed by atoms with Gasteiger partial charge in [0.1, 0.15) is 0 Å².